The zero-order valence-electron chi connectivity index (χ0n) is 10.2. The molecule has 3 aliphatic heterocycles. The highest BCUT2D eigenvalue weighted by Gasteiger charge is 2.39. The molecule has 0 bridgehead atoms. The van der Waals surface area contributed by atoms with Gasteiger partial charge in [0.15, 0.2) is 0 Å². The highest BCUT2D eigenvalue weighted by molar-refractivity contribution is 5.00. The Hall–Kier alpha value is -0.540. The van der Waals surface area contributed by atoms with Crippen LogP contribution in [0.1, 0.15) is 13.3 Å². The molecular formula is C13H22N2O. The van der Waals surface area contributed by atoms with Crippen LogP contribution in [0.2, 0.25) is 0 Å². The number of fused-ring (bicyclic) bond motifs is 1. The first kappa shape index (κ1) is 10.6. The van der Waals surface area contributed by atoms with Gasteiger partial charge < -0.3 is 9.64 Å². The largest absolute Gasteiger partial charge is 0.378 e. The van der Waals surface area contributed by atoms with E-state index in [1.54, 1.807) is 0 Å². The molecule has 0 spiro atoms. The number of hydrogen-bond donors (Lipinski definition) is 0. The maximum absolute atomic E-state index is 5.29. The molecule has 2 atom stereocenters. The number of piperidine rings is 1. The molecule has 3 saturated heterocycles. The minimum Gasteiger partial charge on any atom is -0.378 e. The van der Waals surface area contributed by atoms with Crippen molar-refractivity contribution >= 4 is 0 Å². The Morgan fingerprint density at radius 2 is 1.94 bits per heavy atom. The van der Waals surface area contributed by atoms with Gasteiger partial charge in [-0.3, -0.25) is 4.90 Å². The summed E-state index contributed by atoms with van der Waals surface area (Å²) in [4.78, 5) is 5.11. The lowest BCUT2D eigenvalue weighted by molar-refractivity contribution is -0.0791. The van der Waals surface area contributed by atoms with Crippen molar-refractivity contribution in [1.29, 1.82) is 0 Å². The van der Waals surface area contributed by atoms with Gasteiger partial charge in [-0.25, -0.2) is 0 Å². The third kappa shape index (κ3) is 1.76. The van der Waals surface area contributed by atoms with E-state index in [9.17, 15) is 0 Å². The fraction of sp³-hybridized carbons (Fsp3) is 0.846. The minimum atomic E-state index is 0.722. The van der Waals surface area contributed by atoms with E-state index in [2.05, 4.69) is 23.3 Å². The normalized spacial score (nSPS) is 35.9. The van der Waals surface area contributed by atoms with Gasteiger partial charge in [0.25, 0.3) is 0 Å². The van der Waals surface area contributed by atoms with Crippen molar-refractivity contribution in [3.63, 3.8) is 0 Å². The number of ether oxygens (including phenoxy) is 1. The number of likely N-dealkylation sites (tertiary alicyclic amines) is 2. The molecule has 0 aliphatic carbocycles. The fourth-order valence-corrected chi connectivity index (χ4v) is 3.27. The van der Waals surface area contributed by atoms with Gasteiger partial charge in [0, 0.05) is 25.3 Å². The third-order valence-corrected chi connectivity index (χ3v) is 4.51. The Kier molecular flexibility index (Phi) is 2.68. The maximum Gasteiger partial charge on any atom is 0.0645 e. The van der Waals surface area contributed by atoms with Crippen LogP contribution in [0, 0.1) is 11.8 Å². The van der Waals surface area contributed by atoms with Crippen molar-refractivity contribution in [1.82, 2.24) is 9.80 Å². The van der Waals surface area contributed by atoms with Gasteiger partial charge >= 0.3 is 0 Å². The van der Waals surface area contributed by atoms with E-state index in [4.69, 9.17) is 4.74 Å². The maximum atomic E-state index is 5.29. The highest BCUT2D eigenvalue weighted by atomic mass is 16.5. The molecule has 0 aromatic heterocycles. The first-order valence-corrected chi connectivity index (χ1v) is 6.46. The number of hydrogen-bond acceptors (Lipinski definition) is 3. The predicted molar refractivity (Wildman–Crippen MR) is 64.2 cm³/mol. The predicted octanol–water partition coefficient (Wildman–Crippen LogP) is 1.17. The molecule has 0 aromatic carbocycles. The van der Waals surface area contributed by atoms with Gasteiger partial charge in [0.2, 0.25) is 0 Å². The summed E-state index contributed by atoms with van der Waals surface area (Å²) >= 11 is 0. The first-order valence-electron chi connectivity index (χ1n) is 6.46. The van der Waals surface area contributed by atoms with E-state index < -0.39 is 0 Å². The van der Waals surface area contributed by atoms with Crippen LogP contribution in [0.3, 0.4) is 0 Å². The SMILES string of the molecule is C=C(C)N1CC2CCN(C3COC3)CC2C1. The average Bonchev–Trinajstić information content (AvgIpc) is 2.57. The molecule has 90 valence electrons. The summed E-state index contributed by atoms with van der Waals surface area (Å²) < 4.78 is 5.29. The second-order valence-electron chi connectivity index (χ2n) is 5.64. The second kappa shape index (κ2) is 4.04. The smallest absolute Gasteiger partial charge is 0.0645 e. The Morgan fingerprint density at radius 1 is 1.19 bits per heavy atom. The van der Waals surface area contributed by atoms with E-state index >= 15 is 0 Å². The molecule has 3 fully saturated rings. The molecule has 3 aliphatic rings. The van der Waals surface area contributed by atoms with Crippen molar-refractivity contribution in [3.8, 4) is 0 Å². The summed E-state index contributed by atoms with van der Waals surface area (Å²) in [6, 6.07) is 0.722. The lowest BCUT2D eigenvalue weighted by atomic mass is 9.88. The molecule has 0 saturated carbocycles. The summed E-state index contributed by atoms with van der Waals surface area (Å²) in [7, 11) is 0. The van der Waals surface area contributed by atoms with E-state index in [0.717, 1.165) is 31.1 Å². The molecule has 3 nitrogen and oxygen atoms in total. The Morgan fingerprint density at radius 3 is 2.56 bits per heavy atom. The van der Waals surface area contributed by atoms with Gasteiger partial charge in [-0.2, -0.15) is 0 Å². The van der Waals surface area contributed by atoms with E-state index in [1.165, 1.54) is 38.3 Å². The van der Waals surface area contributed by atoms with Crippen molar-refractivity contribution in [3.05, 3.63) is 12.3 Å². The molecule has 0 N–H and O–H groups in total. The molecule has 3 heteroatoms. The number of rotatable bonds is 2. The van der Waals surface area contributed by atoms with Crippen molar-refractivity contribution < 1.29 is 4.74 Å². The third-order valence-electron chi connectivity index (χ3n) is 4.51. The van der Waals surface area contributed by atoms with E-state index in [1.807, 2.05) is 0 Å². The van der Waals surface area contributed by atoms with Crippen molar-refractivity contribution in [2.45, 2.75) is 19.4 Å². The van der Waals surface area contributed by atoms with Crippen LogP contribution in [0.25, 0.3) is 0 Å². The van der Waals surface area contributed by atoms with Gasteiger partial charge in [-0.05, 0) is 31.7 Å². The second-order valence-corrected chi connectivity index (χ2v) is 5.64. The topological polar surface area (TPSA) is 15.7 Å². The first-order chi connectivity index (χ1) is 7.74. The molecule has 3 rings (SSSR count). The van der Waals surface area contributed by atoms with Crippen LogP contribution < -0.4 is 0 Å². The lowest BCUT2D eigenvalue weighted by Gasteiger charge is -2.42. The fourth-order valence-electron chi connectivity index (χ4n) is 3.27. The van der Waals surface area contributed by atoms with Crippen molar-refractivity contribution in [2.24, 2.45) is 11.8 Å². The standard InChI is InChI=1S/C13H22N2O/c1-10(2)15-5-11-3-4-14(6-12(11)7-15)13-8-16-9-13/h11-13H,1,3-9H2,2H3. The minimum absolute atomic E-state index is 0.722. The number of nitrogens with zero attached hydrogens (tertiary/aromatic N) is 2. The average molecular weight is 222 g/mol. The summed E-state index contributed by atoms with van der Waals surface area (Å²) in [6.45, 7) is 13.2. The molecule has 0 aromatic rings. The van der Waals surface area contributed by atoms with Crippen LogP contribution in [-0.4, -0.2) is 55.2 Å². The lowest BCUT2D eigenvalue weighted by Crippen LogP contribution is -2.54. The summed E-state index contributed by atoms with van der Waals surface area (Å²) in [5.41, 5.74) is 1.24. The molecule has 0 amide bonds. The number of allylic oxidation sites excluding steroid dienone is 1. The zero-order chi connectivity index (χ0) is 11.1. The zero-order valence-corrected chi connectivity index (χ0v) is 10.2. The Balaban J connectivity index is 1.60. The highest BCUT2D eigenvalue weighted by Crippen LogP contribution is 2.33. The van der Waals surface area contributed by atoms with Gasteiger partial charge in [-0.1, -0.05) is 6.58 Å². The van der Waals surface area contributed by atoms with Gasteiger partial charge in [-0.15, -0.1) is 0 Å². The van der Waals surface area contributed by atoms with Crippen LogP contribution in [0.5, 0.6) is 0 Å². The summed E-state index contributed by atoms with van der Waals surface area (Å²) in [6.07, 6.45) is 1.37. The van der Waals surface area contributed by atoms with E-state index in [-0.39, 0.29) is 0 Å². The quantitative estimate of drug-likeness (QED) is 0.697. The summed E-state index contributed by atoms with van der Waals surface area (Å²) in [5, 5.41) is 0. The van der Waals surface area contributed by atoms with Gasteiger partial charge in [0.1, 0.15) is 0 Å². The molecule has 16 heavy (non-hydrogen) atoms. The monoisotopic (exact) mass is 222 g/mol. The van der Waals surface area contributed by atoms with Crippen molar-refractivity contribution in [2.75, 3.05) is 39.4 Å². The Labute approximate surface area is 98.0 Å². The van der Waals surface area contributed by atoms with Crippen LogP contribution in [-0.2, 0) is 4.74 Å². The summed E-state index contributed by atoms with van der Waals surface area (Å²) in [5.74, 6) is 1.78. The molecular weight excluding hydrogens is 200 g/mol. The van der Waals surface area contributed by atoms with Crippen LogP contribution >= 0.6 is 0 Å². The van der Waals surface area contributed by atoms with Gasteiger partial charge in [0.05, 0.1) is 19.3 Å². The molecule has 2 unspecified atom stereocenters. The Bertz CT molecular complexity index is 288. The van der Waals surface area contributed by atoms with Crippen LogP contribution in [0.15, 0.2) is 12.3 Å². The molecule has 3 heterocycles. The van der Waals surface area contributed by atoms with E-state index in [0.29, 0.717) is 0 Å². The molecule has 0 radical (unpaired) electrons. The van der Waals surface area contributed by atoms with Crippen LogP contribution in [0.4, 0.5) is 0 Å².